The first kappa shape index (κ1) is 19.2. The second-order valence-corrected chi connectivity index (χ2v) is 6.97. The summed E-state index contributed by atoms with van der Waals surface area (Å²) in [7, 11) is 0. The van der Waals surface area contributed by atoms with Crippen molar-refractivity contribution in [2.45, 2.75) is 32.7 Å². The molecule has 6 nitrogen and oxygen atoms in total. The van der Waals surface area contributed by atoms with E-state index in [2.05, 4.69) is 10.6 Å². The maximum Gasteiger partial charge on any atom is 0.253 e. The Kier molecular flexibility index (Phi) is 6.82. The number of carbonyl (C=O) groups excluding carboxylic acids is 3. The highest BCUT2D eigenvalue weighted by molar-refractivity contribution is 6.30. The Bertz CT molecular complexity index is 631. The number of nitrogens with one attached hydrogen (secondary N) is 2. The minimum Gasteiger partial charge on any atom is -0.352 e. The van der Waals surface area contributed by atoms with E-state index in [1.165, 1.54) is 0 Å². The van der Waals surface area contributed by atoms with Crippen LogP contribution in [0.5, 0.6) is 0 Å². The number of likely N-dealkylation sites (tertiary alicyclic amines) is 1. The van der Waals surface area contributed by atoms with Crippen molar-refractivity contribution in [2.24, 2.45) is 5.92 Å². The number of benzene rings is 1. The molecule has 2 N–H and O–H groups in total. The fourth-order valence-electron chi connectivity index (χ4n) is 2.84. The number of nitrogens with zero attached hydrogens (tertiary/aromatic N) is 1. The van der Waals surface area contributed by atoms with Gasteiger partial charge in [-0.05, 0) is 51.0 Å². The Morgan fingerprint density at radius 2 is 1.92 bits per heavy atom. The van der Waals surface area contributed by atoms with Crippen molar-refractivity contribution in [1.29, 1.82) is 0 Å². The topological polar surface area (TPSA) is 78.5 Å². The zero-order valence-corrected chi connectivity index (χ0v) is 15.3. The van der Waals surface area contributed by atoms with Crippen molar-refractivity contribution in [2.75, 3.05) is 19.6 Å². The van der Waals surface area contributed by atoms with Gasteiger partial charge in [-0.15, -0.1) is 0 Å². The highest BCUT2D eigenvalue weighted by Crippen LogP contribution is 2.19. The first-order valence-corrected chi connectivity index (χ1v) is 8.86. The van der Waals surface area contributed by atoms with Crippen LogP contribution in [0.3, 0.4) is 0 Å². The summed E-state index contributed by atoms with van der Waals surface area (Å²) in [5.74, 6) is -0.802. The lowest BCUT2D eigenvalue weighted by Gasteiger charge is -2.32. The monoisotopic (exact) mass is 365 g/mol. The Balaban J connectivity index is 1.89. The average molecular weight is 366 g/mol. The van der Waals surface area contributed by atoms with Crippen molar-refractivity contribution in [3.8, 4) is 0 Å². The Morgan fingerprint density at radius 3 is 2.56 bits per heavy atom. The summed E-state index contributed by atoms with van der Waals surface area (Å²) in [6.45, 7) is 4.67. The molecule has 0 saturated carbocycles. The Hall–Kier alpha value is -2.08. The fourth-order valence-corrected chi connectivity index (χ4v) is 2.96. The molecular weight excluding hydrogens is 342 g/mol. The van der Waals surface area contributed by atoms with Crippen LogP contribution in [0.1, 0.15) is 37.0 Å². The van der Waals surface area contributed by atoms with Gasteiger partial charge in [-0.2, -0.15) is 0 Å². The van der Waals surface area contributed by atoms with Gasteiger partial charge in [0, 0.05) is 29.7 Å². The van der Waals surface area contributed by atoms with Gasteiger partial charge in [0.25, 0.3) is 5.91 Å². The number of hydrogen-bond acceptors (Lipinski definition) is 3. The van der Waals surface area contributed by atoms with Crippen LogP contribution in [-0.4, -0.2) is 48.3 Å². The molecule has 7 heteroatoms. The van der Waals surface area contributed by atoms with Gasteiger partial charge < -0.3 is 15.5 Å². The van der Waals surface area contributed by atoms with Gasteiger partial charge in [0.2, 0.25) is 11.8 Å². The predicted molar refractivity (Wildman–Crippen MR) is 96.4 cm³/mol. The maximum absolute atomic E-state index is 12.6. The Morgan fingerprint density at radius 1 is 1.24 bits per heavy atom. The van der Waals surface area contributed by atoms with Gasteiger partial charge in [-0.1, -0.05) is 11.6 Å². The second-order valence-electron chi connectivity index (χ2n) is 6.54. The smallest absolute Gasteiger partial charge is 0.253 e. The highest BCUT2D eigenvalue weighted by Gasteiger charge is 2.29. The first-order chi connectivity index (χ1) is 11.9. The first-order valence-electron chi connectivity index (χ1n) is 8.48. The molecular formula is C18H24ClN3O3. The van der Waals surface area contributed by atoms with E-state index in [0.29, 0.717) is 30.1 Å². The summed E-state index contributed by atoms with van der Waals surface area (Å²) in [6, 6.07) is 6.76. The number of rotatable bonds is 5. The molecule has 1 fully saturated rings. The second kappa shape index (κ2) is 8.85. The Labute approximate surface area is 152 Å². The molecule has 0 spiro atoms. The highest BCUT2D eigenvalue weighted by atomic mass is 35.5. The van der Waals surface area contributed by atoms with Crippen LogP contribution in [0.25, 0.3) is 0 Å². The molecule has 0 radical (unpaired) electrons. The largest absolute Gasteiger partial charge is 0.352 e. The number of hydrogen-bond donors (Lipinski definition) is 2. The van der Waals surface area contributed by atoms with Crippen LogP contribution < -0.4 is 10.6 Å². The van der Waals surface area contributed by atoms with E-state index < -0.39 is 0 Å². The molecule has 1 unspecified atom stereocenters. The summed E-state index contributed by atoms with van der Waals surface area (Å²) in [6.07, 6.45) is 1.47. The van der Waals surface area contributed by atoms with E-state index in [9.17, 15) is 14.4 Å². The van der Waals surface area contributed by atoms with E-state index in [1.54, 1.807) is 29.2 Å². The third-order valence-electron chi connectivity index (χ3n) is 4.04. The summed E-state index contributed by atoms with van der Waals surface area (Å²) in [5, 5.41) is 5.96. The quantitative estimate of drug-likeness (QED) is 0.835. The van der Waals surface area contributed by atoms with Gasteiger partial charge >= 0.3 is 0 Å². The molecule has 1 atom stereocenters. The molecule has 1 aliphatic rings. The average Bonchev–Trinajstić information content (AvgIpc) is 2.59. The van der Waals surface area contributed by atoms with E-state index in [1.807, 2.05) is 13.8 Å². The molecule has 0 aliphatic carbocycles. The minimum atomic E-state index is -0.295. The summed E-state index contributed by atoms with van der Waals surface area (Å²) in [5.41, 5.74) is 0.557. The molecule has 1 aliphatic heterocycles. The molecule has 1 heterocycles. The number of halogens is 1. The predicted octanol–water partition coefficient (Wildman–Crippen LogP) is 1.83. The molecule has 2 rings (SSSR count). The van der Waals surface area contributed by atoms with Crippen molar-refractivity contribution >= 4 is 29.3 Å². The molecule has 0 bridgehead atoms. The van der Waals surface area contributed by atoms with Crippen LogP contribution in [0.4, 0.5) is 0 Å². The zero-order valence-electron chi connectivity index (χ0n) is 14.5. The van der Waals surface area contributed by atoms with Crippen LogP contribution in [0.2, 0.25) is 5.02 Å². The molecule has 136 valence electrons. The van der Waals surface area contributed by atoms with E-state index >= 15 is 0 Å². The van der Waals surface area contributed by atoms with Crippen molar-refractivity contribution < 1.29 is 14.4 Å². The van der Waals surface area contributed by atoms with Crippen molar-refractivity contribution in [3.05, 3.63) is 34.9 Å². The summed E-state index contributed by atoms with van der Waals surface area (Å²) in [4.78, 5) is 38.2. The lowest BCUT2D eigenvalue weighted by Crippen LogP contribution is -2.47. The molecule has 25 heavy (non-hydrogen) atoms. The molecule has 1 aromatic rings. The van der Waals surface area contributed by atoms with Crippen LogP contribution in [-0.2, 0) is 9.59 Å². The number of amides is 3. The third kappa shape index (κ3) is 5.74. The lowest BCUT2D eigenvalue weighted by atomic mass is 9.96. The van der Waals surface area contributed by atoms with E-state index in [0.717, 1.165) is 6.42 Å². The van der Waals surface area contributed by atoms with Gasteiger partial charge in [0.05, 0.1) is 12.5 Å². The van der Waals surface area contributed by atoms with Gasteiger partial charge in [0.1, 0.15) is 0 Å². The molecule has 3 amide bonds. The minimum absolute atomic E-state index is 0.0339. The third-order valence-corrected chi connectivity index (χ3v) is 4.30. The summed E-state index contributed by atoms with van der Waals surface area (Å²) >= 11 is 5.85. The molecule has 1 saturated heterocycles. The van der Waals surface area contributed by atoms with Crippen molar-refractivity contribution in [3.63, 3.8) is 0 Å². The van der Waals surface area contributed by atoms with Crippen LogP contribution in [0.15, 0.2) is 24.3 Å². The van der Waals surface area contributed by atoms with Crippen LogP contribution in [0, 0.1) is 5.92 Å². The van der Waals surface area contributed by atoms with Gasteiger partial charge in [0.15, 0.2) is 0 Å². The van der Waals surface area contributed by atoms with Crippen LogP contribution >= 0.6 is 11.6 Å². The zero-order chi connectivity index (χ0) is 18.4. The van der Waals surface area contributed by atoms with Gasteiger partial charge in [-0.3, -0.25) is 14.4 Å². The maximum atomic E-state index is 12.6. The normalized spacial score (nSPS) is 17.3. The van der Waals surface area contributed by atoms with Crippen molar-refractivity contribution in [1.82, 2.24) is 15.5 Å². The molecule has 0 aromatic heterocycles. The summed E-state index contributed by atoms with van der Waals surface area (Å²) < 4.78 is 0. The number of piperidine rings is 1. The van der Waals surface area contributed by atoms with Gasteiger partial charge in [-0.25, -0.2) is 0 Å². The number of carbonyl (C=O) groups is 3. The SMILES string of the molecule is CC(C)NC(=O)CNC(=O)C1CCCN(C(=O)c2ccc(Cl)cc2)C1. The van der Waals surface area contributed by atoms with E-state index in [-0.39, 0.29) is 36.2 Å². The fraction of sp³-hybridized carbons (Fsp3) is 0.500. The van der Waals surface area contributed by atoms with E-state index in [4.69, 9.17) is 11.6 Å². The lowest BCUT2D eigenvalue weighted by molar-refractivity contribution is -0.129. The molecule has 1 aromatic carbocycles. The standard InChI is InChI=1S/C18H24ClN3O3/c1-12(2)21-16(23)10-20-17(24)14-4-3-9-22(11-14)18(25)13-5-7-15(19)8-6-13/h5-8,12,14H,3-4,9-11H2,1-2H3,(H,20,24)(H,21,23).